The molecule has 0 aliphatic carbocycles. The summed E-state index contributed by atoms with van der Waals surface area (Å²) < 4.78 is 0. The van der Waals surface area contributed by atoms with E-state index in [0.29, 0.717) is 77.8 Å². The fourth-order valence-electron chi connectivity index (χ4n) is 8.27. The lowest BCUT2D eigenvalue weighted by Gasteiger charge is -2.16. The maximum absolute atomic E-state index is 14.2. The van der Waals surface area contributed by atoms with Crippen molar-refractivity contribution in [3.05, 3.63) is 34.2 Å². The number of amides is 6. The number of rotatable bonds is 36. The SMILES string of the molecule is CCCCCCNC(=O)c1nc2c3nc(C(=O)NCCCCCC)c(C(=O)NCCCCCC)nc3c3nc(C(=O)NCCCCCC)c(C(=O)NCCCCCC)nc3c2nc1C(=O)NCCCCCC. The van der Waals surface area contributed by atoms with Gasteiger partial charge in [0.05, 0.1) is 0 Å². The van der Waals surface area contributed by atoms with Crippen molar-refractivity contribution < 1.29 is 28.8 Å². The average molecular weight is 997 g/mol. The number of hydrogen-bond donors (Lipinski definition) is 6. The second-order valence-corrected chi connectivity index (χ2v) is 18.8. The van der Waals surface area contributed by atoms with E-state index in [-0.39, 0.29) is 67.3 Å². The summed E-state index contributed by atoms with van der Waals surface area (Å²) in [5.74, 6) is -3.90. The van der Waals surface area contributed by atoms with Crippen molar-refractivity contribution >= 4 is 68.5 Å². The average Bonchev–Trinajstić information content (AvgIpc) is 3.39. The first-order chi connectivity index (χ1) is 35.1. The number of benzene rings is 1. The third kappa shape index (κ3) is 17.7. The Labute approximate surface area is 426 Å². The highest BCUT2D eigenvalue weighted by molar-refractivity contribution is 6.22. The third-order valence-electron chi connectivity index (χ3n) is 12.5. The number of nitrogens with zero attached hydrogens (tertiary/aromatic N) is 6. The molecule has 0 unspecified atom stereocenters. The van der Waals surface area contributed by atoms with Gasteiger partial charge in [0.1, 0.15) is 33.1 Å². The largest absolute Gasteiger partial charge is 0.351 e. The van der Waals surface area contributed by atoms with Crippen molar-refractivity contribution in [2.75, 3.05) is 39.3 Å². The van der Waals surface area contributed by atoms with Crippen LogP contribution in [-0.2, 0) is 0 Å². The molecule has 0 aliphatic rings. The quantitative estimate of drug-likeness (QED) is 0.0184. The van der Waals surface area contributed by atoms with Gasteiger partial charge in [-0.15, -0.1) is 0 Å². The van der Waals surface area contributed by atoms with Crippen molar-refractivity contribution in [1.82, 2.24) is 61.8 Å². The highest BCUT2D eigenvalue weighted by Gasteiger charge is 2.31. The Morgan fingerprint density at radius 2 is 0.375 bits per heavy atom. The summed E-state index contributed by atoms with van der Waals surface area (Å²) >= 11 is 0. The first kappa shape index (κ1) is 58.6. The summed E-state index contributed by atoms with van der Waals surface area (Å²) in [6.07, 6.45) is 21.5. The molecule has 18 heteroatoms. The normalized spacial score (nSPS) is 11.2. The van der Waals surface area contributed by atoms with Crippen LogP contribution in [0.2, 0.25) is 0 Å². The van der Waals surface area contributed by atoms with Crippen LogP contribution < -0.4 is 31.9 Å². The van der Waals surface area contributed by atoms with Crippen molar-refractivity contribution in [2.45, 2.75) is 196 Å². The van der Waals surface area contributed by atoms with Gasteiger partial charge in [-0.1, -0.05) is 157 Å². The standard InChI is InChI=1S/C54H84N12O6/c1-7-13-19-25-31-55-49(67)43-44(50(68)56-32-26-20-14-8-2)62-38-37(61-43)39-41(65-46(52(70)58-34-28-22-16-10-4)45(63-39)51(69)57-33-27-21-15-9-3)42-40(38)64-47(53(71)59-35-29-23-17-11-5)48(66-42)54(72)60-36-30-24-18-12-6/h7-36H2,1-6H3,(H,55,67)(H,56,68)(H,57,69)(H,58,70)(H,59,71)(H,60,72). The van der Waals surface area contributed by atoms with Crippen molar-refractivity contribution in [2.24, 2.45) is 0 Å². The molecule has 0 saturated carbocycles. The summed E-state index contributed by atoms with van der Waals surface area (Å²) in [5.41, 5.74) is -2.18. The minimum absolute atomic E-state index is 0.0718. The number of fused-ring (bicyclic) bond motifs is 6. The van der Waals surface area contributed by atoms with Gasteiger partial charge < -0.3 is 31.9 Å². The second-order valence-electron chi connectivity index (χ2n) is 18.8. The molecule has 0 fully saturated rings. The van der Waals surface area contributed by atoms with E-state index >= 15 is 0 Å². The van der Waals surface area contributed by atoms with E-state index in [0.717, 1.165) is 116 Å². The van der Waals surface area contributed by atoms with Crippen LogP contribution in [0.5, 0.6) is 0 Å². The van der Waals surface area contributed by atoms with E-state index in [4.69, 9.17) is 29.9 Å². The predicted octanol–water partition coefficient (Wildman–Crippen LogP) is 9.38. The van der Waals surface area contributed by atoms with E-state index in [1.807, 2.05) is 0 Å². The molecule has 18 nitrogen and oxygen atoms in total. The van der Waals surface area contributed by atoms with Crippen molar-refractivity contribution in [1.29, 1.82) is 0 Å². The van der Waals surface area contributed by atoms with Gasteiger partial charge in [0.15, 0.2) is 34.2 Å². The fraction of sp³-hybridized carbons (Fsp3) is 0.667. The van der Waals surface area contributed by atoms with E-state index in [1.165, 1.54) is 0 Å². The van der Waals surface area contributed by atoms with Gasteiger partial charge in [-0.05, 0) is 38.5 Å². The highest BCUT2D eigenvalue weighted by Crippen LogP contribution is 2.32. The number of unbranched alkanes of at least 4 members (excludes halogenated alkanes) is 18. The molecule has 0 spiro atoms. The maximum atomic E-state index is 14.2. The Balaban J connectivity index is 2.12. The smallest absolute Gasteiger partial charge is 0.272 e. The lowest BCUT2D eigenvalue weighted by molar-refractivity contribution is 0.0910. The Hall–Kier alpha value is -5.94. The lowest BCUT2D eigenvalue weighted by atomic mass is 10.1. The van der Waals surface area contributed by atoms with Crippen LogP contribution in [0.3, 0.4) is 0 Å². The molecule has 0 radical (unpaired) electrons. The second kappa shape index (κ2) is 32.9. The van der Waals surface area contributed by atoms with E-state index in [2.05, 4.69) is 73.4 Å². The monoisotopic (exact) mass is 997 g/mol. The molecule has 0 atom stereocenters. The molecule has 72 heavy (non-hydrogen) atoms. The van der Waals surface area contributed by atoms with Crippen LogP contribution >= 0.6 is 0 Å². The summed E-state index contributed by atoms with van der Waals surface area (Å²) in [7, 11) is 0. The molecule has 0 saturated heterocycles. The van der Waals surface area contributed by atoms with Crippen LogP contribution in [0.25, 0.3) is 33.1 Å². The predicted molar refractivity (Wildman–Crippen MR) is 285 cm³/mol. The Bertz CT molecular complexity index is 1960. The minimum Gasteiger partial charge on any atom is -0.351 e. The van der Waals surface area contributed by atoms with Crippen LogP contribution in [0.1, 0.15) is 259 Å². The van der Waals surface area contributed by atoms with Gasteiger partial charge in [-0.25, -0.2) is 29.9 Å². The van der Waals surface area contributed by atoms with Crippen molar-refractivity contribution in [3.8, 4) is 0 Å². The number of hydrogen-bond acceptors (Lipinski definition) is 12. The van der Waals surface area contributed by atoms with E-state index in [1.54, 1.807) is 0 Å². The highest BCUT2D eigenvalue weighted by atomic mass is 16.2. The van der Waals surface area contributed by atoms with Crippen molar-refractivity contribution in [3.63, 3.8) is 0 Å². The molecular weight excluding hydrogens is 913 g/mol. The maximum Gasteiger partial charge on any atom is 0.272 e. The fourth-order valence-corrected chi connectivity index (χ4v) is 8.27. The van der Waals surface area contributed by atoms with E-state index in [9.17, 15) is 28.8 Å². The first-order valence-corrected chi connectivity index (χ1v) is 27.5. The van der Waals surface area contributed by atoms with Gasteiger partial charge in [-0.3, -0.25) is 28.8 Å². The Morgan fingerprint density at radius 3 is 0.500 bits per heavy atom. The zero-order valence-corrected chi connectivity index (χ0v) is 44.3. The topological polar surface area (TPSA) is 252 Å². The van der Waals surface area contributed by atoms with Gasteiger partial charge in [-0.2, -0.15) is 0 Å². The number of aromatic nitrogens is 6. The van der Waals surface area contributed by atoms with Crippen LogP contribution in [0, 0.1) is 0 Å². The summed E-state index contributed by atoms with van der Waals surface area (Å²) in [6, 6.07) is 0. The zero-order valence-electron chi connectivity index (χ0n) is 44.3. The molecule has 6 amide bonds. The molecule has 3 aromatic heterocycles. The number of carbonyl (C=O) groups excluding carboxylic acids is 6. The molecule has 6 N–H and O–H groups in total. The molecular formula is C54H84N12O6. The Morgan fingerprint density at radius 1 is 0.236 bits per heavy atom. The molecule has 4 aromatic rings. The van der Waals surface area contributed by atoms with Gasteiger partial charge >= 0.3 is 0 Å². The van der Waals surface area contributed by atoms with Crippen LogP contribution in [0.15, 0.2) is 0 Å². The van der Waals surface area contributed by atoms with Gasteiger partial charge in [0, 0.05) is 39.3 Å². The van der Waals surface area contributed by atoms with Crippen LogP contribution in [-0.4, -0.2) is 105 Å². The molecule has 4 rings (SSSR count). The molecule has 0 aliphatic heterocycles. The van der Waals surface area contributed by atoms with E-state index < -0.39 is 35.4 Å². The lowest BCUT2D eigenvalue weighted by Crippen LogP contribution is -2.33. The molecule has 396 valence electrons. The number of nitrogens with one attached hydrogen (secondary N) is 6. The molecule has 1 aromatic carbocycles. The summed E-state index contributed by atoms with van der Waals surface area (Å²) in [6.45, 7) is 14.5. The minimum atomic E-state index is -0.650. The molecule has 0 bridgehead atoms. The Kier molecular flexibility index (Phi) is 26.8. The third-order valence-corrected chi connectivity index (χ3v) is 12.5. The summed E-state index contributed by atoms with van der Waals surface area (Å²) in [4.78, 5) is 115. The number of carbonyl (C=O) groups is 6. The van der Waals surface area contributed by atoms with Gasteiger partial charge in [0.2, 0.25) is 0 Å². The zero-order chi connectivity index (χ0) is 52.1. The molecule has 3 heterocycles. The first-order valence-electron chi connectivity index (χ1n) is 27.5. The summed E-state index contributed by atoms with van der Waals surface area (Å²) in [5, 5.41) is 17.5. The van der Waals surface area contributed by atoms with Gasteiger partial charge in [0.25, 0.3) is 35.4 Å². The van der Waals surface area contributed by atoms with Crippen LogP contribution in [0.4, 0.5) is 0 Å².